The van der Waals surface area contributed by atoms with Gasteiger partial charge in [0.1, 0.15) is 6.54 Å². The van der Waals surface area contributed by atoms with E-state index in [1.165, 1.54) is 17.1 Å². The summed E-state index contributed by atoms with van der Waals surface area (Å²) in [4.78, 5) is 16.6. The summed E-state index contributed by atoms with van der Waals surface area (Å²) in [6.45, 7) is 3.42. The van der Waals surface area contributed by atoms with Gasteiger partial charge in [-0.3, -0.25) is 9.10 Å². The molecule has 6 nitrogen and oxygen atoms in total. The van der Waals surface area contributed by atoms with Crippen molar-refractivity contribution in [1.82, 2.24) is 4.90 Å². The lowest BCUT2D eigenvalue weighted by atomic mass is 10.1. The van der Waals surface area contributed by atoms with E-state index in [-0.39, 0.29) is 12.5 Å². The molecule has 0 saturated carbocycles. The molecule has 0 atom stereocenters. The van der Waals surface area contributed by atoms with Gasteiger partial charge in [-0.15, -0.1) is 0 Å². The molecular formula is C18H27N3O3S. The summed E-state index contributed by atoms with van der Waals surface area (Å²) in [5.41, 5.74) is 1.66. The molecule has 2 fully saturated rings. The van der Waals surface area contributed by atoms with Crippen molar-refractivity contribution in [3.63, 3.8) is 0 Å². The van der Waals surface area contributed by atoms with Crippen molar-refractivity contribution in [2.24, 2.45) is 0 Å². The van der Waals surface area contributed by atoms with Gasteiger partial charge in [0.2, 0.25) is 15.9 Å². The molecule has 2 heterocycles. The smallest absolute Gasteiger partial charge is 0.243 e. The van der Waals surface area contributed by atoms with Gasteiger partial charge < -0.3 is 9.80 Å². The predicted molar refractivity (Wildman–Crippen MR) is 101 cm³/mol. The molecule has 3 rings (SSSR count). The number of amides is 1. The van der Waals surface area contributed by atoms with E-state index in [9.17, 15) is 13.2 Å². The van der Waals surface area contributed by atoms with E-state index in [1.54, 1.807) is 17.0 Å². The Hall–Kier alpha value is -1.76. The first-order valence-electron chi connectivity index (χ1n) is 9.06. The maximum Gasteiger partial charge on any atom is 0.243 e. The quantitative estimate of drug-likeness (QED) is 0.801. The first kappa shape index (κ1) is 18.0. The summed E-state index contributed by atoms with van der Waals surface area (Å²) < 4.78 is 25.7. The van der Waals surface area contributed by atoms with Crippen molar-refractivity contribution in [1.29, 1.82) is 0 Å². The molecule has 25 heavy (non-hydrogen) atoms. The second kappa shape index (κ2) is 7.64. The summed E-state index contributed by atoms with van der Waals surface area (Å²) in [5, 5.41) is 0. The van der Waals surface area contributed by atoms with Gasteiger partial charge in [-0.05, 0) is 56.4 Å². The number of rotatable bonds is 5. The van der Waals surface area contributed by atoms with Crippen LogP contribution in [0.25, 0.3) is 0 Å². The molecule has 2 aliphatic rings. The summed E-state index contributed by atoms with van der Waals surface area (Å²) in [5.74, 6) is -0.117. The molecular weight excluding hydrogens is 338 g/mol. The fourth-order valence-corrected chi connectivity index (χ4v) is 4.42. The number of likely N-dealkylation sites (tertiary alicyclic amines) is 1. The lowest BCUT2D eigenvalue weighted by Crippen LogP contribution is -2.44. The Kier molecular flexibility index (Phi) is 5.51. The van der Waals surface area contributed by atoms with E-state index in [1.807, 2.05) is 12.1 Å². The summed E-state index contributed by atoms with van der Waals surface area (Å²) in [7, 11) is -3.51. The summed E-state index contributed by atoms with van der Waals surface area (Å²) in [6, 6.07) is 7.50. The number of benzene rings is 1. The van der Waals surface area contributed by atoms with Crippen LogP contribution in [0.4, 0.5) is 11.4 Å². The van der Waals surface area contributed by atoms with Crippen molar-refractivity contribution in [2.45, 2.75) is 32.1 Å². The standard InChI is InChI=1S/C18H27N3O3S/c1-25(23,24)21(15-18(22)20-13-3-2-4-14-20)17-9-7-16(8-10-17)19-11-5-6-12-19/h7-10H,2-6,11-15H2,1H3. The highest BCUT2D eigenvalue weighted by molar-refractivity contribution is 7.92. The number of sulfonamides is 1. The zero-order chi connectivity index (χ0) is 17.9. The molecule has 138 valence electrons. The molecule has 0 spiro atoms. The molecule has 1 aromatic rings. The minimum atomic E-state index is -3.51. The molecule has 0 N–H and O–H groups in total. The van der Waals surface area contributed by atoms with Crippen molar-refractivity contribution >= 4 is 27.3 Å². The van der Waals surface area contributed by atoms with E-state index in [2.05, 4.69) is 4.90 Å². The van der Waals surface area contributed by atoms with E-state index >= 15 is 0 Å². The van der Waals surface area contributed by atoms with Gasteiger partial charge in [-0.25, -0.2) is 8.42 Å². The summed E-state index contributed by atoms with van der Waals surface area (Å²) >= 11 is 0. The van der Waals surface area contributed by atoms with Gasteiger partial charge in [0, 0.05) is 31.9 Å². The van der Waals surface area contributed by atoms with Crippen molar-refractivity contribution in [2.75, 3.05) is 48.2 Å². The normalized spacial score (nSPS) is 18.4. The third kappa shape index (κ3) is 4.45. The Labute approximate surface area is 150 Å². The minimum Gasteiger partial charge on any atom is -0.372 e. The van der Waals surface area contributed by atoms with Gasteiger partial charge >= 0.3 is 0 Å². The first-order valence-corrected chi connectivity index (χ1v) is 10.9. The van der Waals surface area contributed by atoms with E-state index in [0.29, 0.717) is 5.69 Å². The summed E-state index contributed by atoms with van der Waals surface area (Å²) in [6.07, 6.45) is 6.68. The molecule has 0 aromatic heterocycles. The zero-order valence-corrected chi connectivity index (χ0v) is 15.7. The molecule has 7 heteroatoms. The minimum absolute atomic E-state index is 0.117. The molecule has 0 radical (unpaired) electrons. The van der Waals surface area contributed by atoms with Crippen LogP contribution < -0.4 is 9.21 Å². The number of hydrogen-bond donors (Lipinski definition) is 0. The molecule has 1 amide bonds. The first-order chi connectivity index (χ1) is 11.9. The van der Waals surface area contributed by atoms with Crippen LogP contribution in [-0.2, 0) is 14.8 Å². The van der Waals surface area contributed by atoms with Crippen LogP contribution in [0.5, 0.6) is 0 Å². The number of anilines is 2. The molecule has 2 aliphatic heterocycles. The lowest BCUT2D eigenvalue weighted by Gasteiger charge is -2.30. The number of piperidine rings is 1. The Balaban J connectivity index is 1.75. The van der Waals surface area contributed by atoms with Gasteiger partial charge in [-0.1, -0.05) is 0 Å². The third-order valence-corrected chi connectivity index (χ3v) is 6.14. The maximum absolute atomic E-state index is 12.5. The molecule has 1 aromatic carbocycles. The van der Waals surface area contributed by atoms with Gasteiger partial charge in [0.05, 0.1) is 11.9 Å². The zero-order valence-electron chi connectivity index (χ0n) is 14.9. The second-order valence-electron chi connectivity index (χ2n) is 6.92. The highest BCUT2D eigenvalue weighted by Crippen LogP contribution is 2.25. The lowest BCUT2D eigenvalue weighted by molar-refractivity contribution is -0.130. The highest BCUT2D eigenvalue weighted by atomic mass is 32.2. The van der Waals surface area contributed by atoms with Crippen LogP contribution in [0.2, 0.25) is 0 Å². The topological polar surface area (TPSA) is 60.9 Å². The van der Waals surface area contributed by atoms with Crippen LogP contribution in [-0.4, -0.2) is 58.2 Å². The Morgan fingerprint density at radius 3 is 2.08 bits per heavy atom. The molecule has 0 unspecified atom stereocenters. The largest absolute Gasteiger partial charge is 0.372 e. The van der Waals surface area contributed by atoms with Crippen LogP contribution in [0.1, 0.15) is 32.1 Å². The second-order valence-corrected chi connectivity index (χ2v) is 8.83. The van der Waals surface area contributed by atoms with Crippen LogP contribution >= 0.6 is 0 Å². The van der Waals surface area contributed by atoms with Crippen LogP contribution in [0.15, 0.2) is 24.3 Å². The number of carbonyl (C=O) groups is 1. The van der Waals surface area contributed by atoms with Gasteiger partial charge in [0.25, 0.3) is 0 Å². The van der Waals surface area contributed by atoms with Crippen molar-refractivity contribution in [3.8, 4) is 0 Å². The average molecular weight is 365 g/mol. The van der Waals surface area contributed by atoms with Gasteiger partial charge in [0.15, 0.2) is 0 Å². The monoisotopic (exact) mass is 365 g/mol. The molecule has 0 bridgehead atoms. The van der Waals surface area contributed by atoms with Gasteiger partial charge in [-0.2, -0.15) is 0 Å². The van der Waals surface area contributed by atoms with Crippen LogP contribution in [0, 0.1) is 0 Å². The Morgan fingerprint density at radius 2 is 1.52 bits per heavy atom. The van der Waals surface area contributed by atoms with Crippen molar-refractivity contribution in [3.05, 3.63) is 24.3 Å². The fourth-order valence-electron chi connectivity index (χ4n) is 3.57. The van der Waals surface area contributed by atoms with E-state index in [4.69, 9.17) is 0 Å². The predicted octanol–water partition coefficient (Wildman–Crippen LogP) is 2.07. The maximum atomic E-state index is 12.5. The van der Waals surface area contributed by atoms with Crippen LogP contribution in [0.3, 0.4) is 0 Å². The van der Waals surface area contributed by atoms with E-state index in [0.717, 1.165) is 57.4 Å². The Morgan fingerprint density at radius 1 is 0.960 bits per heavy atom. The fraction of sp³-hybridized carbons (Fsp3) is 0.611. The SMILES string of the molecule is CS(=O)(=O)N(CC(=O)N1CCCCC1)c1ccc(N2CCCC2)cc1. The van der Waals surface area contributed by atoms with E-state index < -0.39 is 10.0 Å². The van der Waals surface area contributed by atoms with Crippen molar-refractivity contribution < 1.29 is 13.2 Å². The Bertz CT molecular complexity index is 691. The number of carbonyl (C=O) groups excluding carboxylic acids is 1. The highest BCUT2D eigenvalue weighted by Gasteiger charge is 2.25. The average Bonchev–Trinajstić information content (AvgIpc) is 3.14. The third-order valence-electron chi connectivity index (χ3n) is 5.00. The number of hydrogen-bond acceptors (Lipinski definition) is 4. The number of nitrogens with zero attached hydrogens (tertiary/aromatic N) is 3. The molecule has 0 aliphatic carbocycles. The molecule has 2 saturated heterocycles.